The summed E-state index contributed by atoms with van der Waals surface area (Å²) in [6, 6.07) is 0. The third-order valence-electron chi connectivity index (χ3n) is 5.02. The number of hydrogen-bond donors (Lipinski definition) is 2. The molecule has 3 nitrogen and oxygen atoms in total. The Morgan fingerprint density at radius 3 is 1.45 bits per heavy atom. The van der Waals surface area contributed by atoms with E-state index in [0.717, 1.165) is 25.7 Å². The lowest BCUT2D eigenvalue weighted by molar-refractivity contribution is -0.143. The molecule has 1 aliphatic rings. The van der Waals surface area contributed by atoms with Crippen LogP contribution in [0.4, 0.5) is 0 Å². The highest BCUT2D eigenvalue weighted by molar-refractivity contribution is 5.71. The Balaban J connectivity index is 2.53. The Bertz CT molecular complexity index is 264. The van der Waals surface area contributed by atoms with E-state index in [9.17, 15) is 9.90 Å². The zero-order chi connectivity index (χ0) is 14.8. The maximum absolute atomic E-state index is 11.3. The normalized spacial score (nSPS) is 24.5. The third kappa shape index (κ3) is 6.25. The van der Waals surface area contributed by atoms with Gasteiger partial charge in [-0.3, -0.25) is 4.79 Å². The van der Waals surface area contributed by atoms with E-state index in [0.29, 0.717) is 0 Å². The van der Waals surface area contributed by atoms with Crippen LogP contribution >= 0.6 is 0 Å². The lowest BCUT2D eigenvalue weighted by Gasteiger charge is -2.33. The molecular formula is C17H33NO2. The first-order chi connectivity index (χ1) is 9.56. The standard InChI is InChI=1S/C17H33NO2/c1-15(16(19)20)17(18)13-11-9-7-5-3-2-4-6-8-10-12-14-17/h15H,2-14,18H2,1H3,(H,19,20). The molecule has 1 saturated carbocycles. The van der Waals surface area contributed by atoms with Gasteiger partial charge in [0, 0.05) is 5.54 Å². The summed E-state index contributed by atoms with van der Waals surface area (Å²) in [5, 5.41) is 9.29. The summed E-state index contributed by atoms with van der Waals surface area (Å²) in [6.07, 6.45) is 15.6. The lowest BCUT2D eigenvalue weighted by atomic mass is 9.77. The highest BCUT2D eigenvalue weighted by Crippen LogP contribution is 2.29. The topological polar surface area (TPSA) is 63.3 Å². The lowest BCUT2D eigenvalue weighted by Crippen LogP contribution is -2.49. The van der Waals surface area contributed by atoms with E-state index in [1.165, 1.54) is 57.8 Å². The van der Waals surface area contributed by atoms with E-state index in [2.05, 4.69) is 0 Å². The highest BCUT2D eigenvalue weighted by Gasteiger charge is 2.35. The molecule has 0 radical (unpaired) electrons. The summed E-state index contributed by atoms with van der Waals surface area (Å²) in [5.74, 6) is -1.18. The third-order valence-corrected chi connectivity index (χ3v) is 5.02. The molecule has 0 aromatic rings. The number of hydrogen-bond acceptors (Lipinski definition) is 2. The summed E-state index contributed by atoms with van der Waals surface area (Å²) in [4.78, 5) is 11.3. The number of carboxylic acid groups (broad SMARTS) is 1. The maximum atomic E-state index is 11.3. The molecule has 0 bridgehead atoms. The Hall–Kier alpha value is -0.570. The largest absolute Gasteiger partial charge is 0.481 e. The molecule has 0 spiro atoms. The molecule has 3 N–H and O–H groups in total. The van der Waals surface area contributed by atoms with Crippen LogP contribution in [0, 0.1) is 5.92 Å². The minimum absolute atomic E-state index is 0.435. The number of nitrogens with two attached hydrogens (primary N) is 1. The molecule has 1 aliphatic carbocycles. The predicted molar refractivity (Wildman–Crippen MR) is 83.7 cm³/mol. The minimum atomic E-state index is -0.742. The molecule has 0 saturated heterocycles. The molecule has 0 heterocycles. The number of rotatable bonds is 2. The molecule has 20 heavy (non-hydrogen) atoms. The van der Waals surface area contributed by atoms with Crippen molar-refractivity contribution in [3.05, 3.63) is 0 Å². The Morgan fingerprint density at radius 2 is 1.15 bits per heavy atom. The predicted octanol–water partition coefficient (Wildman–Crippen LogP) is 4.49. The monoisotopic (exact) mass is 283 g/mol. The van der Waals surface area contributed by atoms with Crippen LogP contribution in [0.15, 0.2) is 0 Å². The molecule has 0 aliphatic heterocycles. The van der Waals surface area contributed by atoms with Crippen LogP contribution in [0.3, 0.4) is 0 Å². The molecule has 1 unspecified atom stereocenters. The smallest absolute Gasteiger partial charge is 0.308 e. The first-order valence-electron chi connectivity index (χ1n) is 8.58. The van der Waals surface area contributed by atoms with Crippen LogP contribution in [0.1, 0.15) is 90.4 Å². The minimum Gasteiger partial charge on any atom is -0.481 e. The van der Waals surface area contributed by atoms with Gasteiger partial charge in [-0.15, -0.1) is 0 Å². The number of carboxylic acids is 1. The summed E-state index contributed by atoms with van der Waals surface area (Å²) in [5.41, 5.74) is 5.97. The van der Waals surface area contributed by atoms with Gasteiger partial charge in [-0.25, -0.2) is 0 Å². The van der Waals surface area contributed by atoms with E-state index in [-0.39, 0.29) is 0 Å². The molecule has 0 aromatic heterocycles. The average molecular weight is 283 g/mol. The van der Waals surface area contributed by atoms with E-state index in [1.807, 2.05) is 0 Å². The van der Waals surface area contributed by atoms with Crippen molar-refractivity contribution in [1.82, 2.24) is 0 Å². The molecular weight excluding hydrogens is 250 g/mol. The van der Waals surface area contributed by atoms with Crippen LogP contribution < -0.4 is 5.73 Å². The van der Waals surface area contributed by atoms with Crippen molar-refractivity contribution in [2.75, 3.05) is 0 Å². The summed E-state index contributed by atoms with van der Waals surface area (Å²) in [6.45, 7) is 1.78. The SMILES string of the molecule is CC(C(=O)O)C1(N)CCCCCCCCCCCCC1. The van der Waals surface area contributed by atoms with Gasteiger partial charge in [-0.1, -0.05) is 77.6 Å². The van der Waals surface area contributed by atoms with Crippen molar-refractivity contribution in [2.24, 2.45) is 11.7 Å². The first kappa shape index (κ1) is 17.5. The fraction of sp³-hybridized carbons (Fsp3) is 0.941. The summed E-state index contributed by atoms with van der Waals surface area (Å²) in [7, 11) is 0. The Kier molecular flexibility index (Phi) is 8.20. The molecule has 1 fully saturated rings. The van der Waals surface area contributed by atoms with Gasteiger partial charge in [0.05, 0.1) is 5.92 Å². The summed E-state index contributed by atoms with van der Waals surface area (Å²) >= 11 is 0. The number of carbonyl (C=O) groups is 1. The summed E-state index contributed by atoms with van der Waals surface area (Å²) < 4.78 is 0. The van der Waals surface area contributed by atoms with Crippen LogP contribution in [-0.2, 0) is 4.79 Å². The Labute approximate surface area is 124 Å². The van der Waals surface area contributed by atoms with Crippen LogP contribution in [0.2, 0.25) is 0 Å². The molecule has 0 aromatic carbocycles. The molecule has 118 valence electrons. The molecule has 3 heteroatoms. The van der Waals surface area contributed by atoms with Crippen molar-refractivity contribution < 1.29 is 9.90 Å². The average Bonchev–Trinajstić information content (AvgIpc) is 2.42. The van der Waals surface area contributed by atoms with Gasteiger partial charge in [0.15, 0.2) is 0 Å². The van der Waals surface area contributed by atoms with Crippen LogP contribution in [-0.4, -0.2) is 16.6 Å². The van der Waals surface area contributed by atoms with Gasteiger partial charge >= 0.3 is 5.97 Å². The van der Waals surface area contributed by atoms with Gasteiger partial charge < -0.3 is 10.8 Å². The van der Waals surface area contributed by atoms with Crippen molar-refractivity contribution >= 4 is 5.97 Å². The van der Waals surface area contributed by atoms with Gasteiger partial charge in [0.2, 0.25) is 0 Å². The highest BCUT2D eigenvalue weighted by atomic mass is 16.4. The zero-order valence-electron chi connectivity index (χ0n) is 13.2. The Morgan fingerprint density at radius 1 is 0.850 bits per heavy atom. The second-order valence-corrected chi connectivity index (χ2v) is 6.68. The van der Waals surface area contributed by atoms with Crippen molar-refractivity contribution in [3.8, 4) is 0 Å². The van der Waals surface area contributed by atoms with Gasteiger partial charge in [0.25, 0.3) is 0 Å². The fourth-order valence-corrected chi connectivity index (χ4v) is 3.30. The zero-order valence-corrected chi connectivity index (χ0v) is 13.2. The second kappa shape index (κ2) is 9.38. The van der Waals surface area contributed by atoms with E-state index < -0.39 is 17.4 Å². The quantitative estimate of drug-likeness (QED) is 0.785. The van der Waals surface area contributed by atoms with Crippen molar-refractivity contribution in [3.63, 3.8) is 0 Å². The van der Waals surface area contributed by atoms with E-state index in [1.54, 1.807) is 6.92 Å². The maximum Gasteiger partial charge on any atom is 0.308 e. The first-order valence-corrected chi connectivity index (χ1v) is 8.58. The van der Waals surface area contributed by atoms with E-state index >= 15 is 0 Å². The van der Waals surface area contributed by atoms with Gasteiger partial charge in [0.1, 0.15) is 0 Å². The van der Waals surface area contributed by atoms with Crippen LogP contribution in [0.5, 0.6) is 0 Å². The van der Waals surface area contributed by atoms with Gasteiger partial charge in [-0.05, 0) is 12.8 Å². The molecule has 0 amide bonds. The van der Waals surface area contributed by atoms with Crippen LogP contribution in [0.25, 0.3) is 0 Å². The van der Waals surface area contributed by atoms with Gasteiger partial charge in [-0.2, -0.15) is 0 Å². The van der Waals surface area contributed by atoms with E-state index in [4.69, 9.17) is 5.73 Å². The fourth-order valence-electron chi connectivity index (χ4n) is 3.30. The second-order valence-electron chi connectivity index (χ2n) is 6.68. The van der Waals surface area contributed by atoms with Crippen molar-refractivity contribution in [2.45, 2.75) is 95.9 Å². The molecule has 1 rings (SSSR count). The number of aliphatic carboxylic acids is 1. The van der Waals surface area contributed by atoms with Crippen molar-refractivity contribution in [1.29, 1.82) is 0 Å². The molecule has 1 atom stereocenters.